The predicted molar refractivity (Wildman–Crippen MR) is 116 cm³/mol. The van der Waals surface area contributed by atoms with Crippen molar-refractivity contribution < 1.29 is 18.9 Å². The maximum Gasteiger partial charge on any atom is 0.0618 e. The van der Waals surface area contributed by atoms with Gasteiger partial charge >= 0.3 is 0 Å². The minimum atomic E-state index is 0.427. The summed E-state index contributed by atoms with van der Waals surface area (Å²) in [6, 6.07) is 8.12. The van der Waals surface area contributed by atoms with Gasteiger partial charge in [-0.15, -0.1) is 0 Å². The fourth-order valence-electron chi connectivity index (χ4n) is 5.11. The van der Waals surface area contributed by atoms with Gasteiger partial charge in [-0.2, -0.15) is 0 Å². The molecule has 0 aromatic carbocycles. The lowest BCUT2D eigenvalue weighted by Gasteiger charge is -2.30. The van der Waals surface area contributed by atoms with Gasteiger partial charge in [-0.1, -0.05) is 6.07 Å². The lowest BCUT2D eigenvalue weighted by atomic mass is 10.2. The molecular weight excluding hydrogens is 382 g/mol. The summed E-state index contributed by atoms with van der Waals surface area (Å²) in [5, 5.41) is 0. The largest absolute Gasteiger partial charge is 0.383 e. The minimum Gasteiger partial charge on any atom is -0.383 e. The van der Waals surface area contributed by atoms with E-state index in [-0.39, 0.29) is 0 Å². The molecule has 0 N–H and O–H groups in total. The summed E-state index contributed by atoms with van der Waals surface area (Å²) < 4.78 is 21.9. The van der Waals surface area contributed by atoms with Gasteiger partial charge in [0.15, 0.2) is 0 Å². The molecule has 7 heteroatoms. The van der Waals surface area contributed by atoms with E-state index in [4.69, 9.17) is 23.9 Å². The zero-order valence-corrected chi connectivity index (χ0v) is 19.1. The topological polar surface area (TPSA) is 56.3 Å². The normalized spacial score (nSPS) is 27.9. The minimum absolute atomic E-state index is 0.427. The summed E-state index contributed by atoms with van der Waals surface area (Å²) in [6.45, 7) is 4.68. The molecule has 2 aliphatic rings. The maximum atomic E-state index is 5.47. The van der Waals surface area contributed by atoms with Crippen LogP contribution >= 0.6 is 0 Å². The Kier molecular flexibility index (Phi) is 9.49. The quantitative estimate of drug-likeness (QED) is 0.513. The summed E-state index contributed by atoms with van der Waals surface area (Å²) in [5.41, 5.74) is 2.23. The molecule has 3 heterocycles. The van der Waals surface area contributed by atoms with E-state index >= 15 is 0 Å². The molecule has 1 aromatic heterocycles. The van der Waals surface area contributed by atoms with Crippen molar-refractivity contribution in [3.63, 3.8) is 0 Å². The number of aromatic nitrogens is 1. The molecule has 0 bridgehead atoms. The van der Waals surface area contributed by atoms with Gasteiger partial charge in [0.05, 0.1) is 37.8 Å². The molecule has 0 unspecified atom stereocenters. The third-order valence-electron chi connectivity index (χ3n) is 6.53. The van der Waals surface area contributed by atoms with Gasteiger partial charge in [0.2, 0.25) is 0 Å². The second-order valence-corrected chi connectivity index (χ2v) is 8.56. The highest BCUT2D eigenvalue weighted by Gasteiger charge is 2.35. The van der Waals surface area contributed by atoms with Crippen molar-refractivity contribution in [3.05, 3.63) is 29.6 Å². The highest BCUT2D eigenvalue weighted by Crippen LogP contribution is 2.28. The van der Waals surface area contributed by atoms with Gasteiger partial charge in [-0.25, -0.2) is 0 Å². The van der Waals surface area contributed by atoms with Gasteiger partial charge in [0, 0.05) is 65.7 Å². The molecule has 4 atom stereocenters. The van der Waals surface area contributed by atoms with Crippen LogP contribution in [0.2, 0.25) is 0 Å². The van der Waals surface area contributed by atoms with Crippen LogP contribution in [0, 0.1) is 0 Å². The van der Waals surface area contributed by atoms with Crippen LogP contribution in [-0.2, 0) is 32.0 Å². The highest BCUT2D eigenvalue weighted by molar-refractivity contribution is 5.13. The standard InChI is InChI=1S/C23H39N3O4/c1-27-14-20-8-9-21(15-28-2)25(20)12-18-6-5-7-19(24-18)13-26-22(16-29-3)10-11-23(26)17-30-4/h5-7,20-23H,8-17H2,1-4H3/t20-,21-,22-,23-/m0/s1. The number of hydrogen-bond donors (Lipinski definition) is 0. The number of rotatable bonds is 12. The Morgan fingerprint density at radius 2 is 1.00 bits per heavy atom. The highest BCUT2D eigenvalue weighted by atomic mass is 16.5. The maximum absolute atomic E-state index is 5.47. The lowest BCUT2D eigenvalue weighted by Crippen LogP contribution is -2.41. The van der Waals surface area contributed by atoms with E-state index in [0.29, 0.717) is 24.2 Å². The van der Waals surface area contributed by atoms with Gasteiger partial charge in [-0.05, 0) is 37.8 Å². The first kappa shape index (κ1) is 23.6. The van der Waals surface area contributed by atoms with Crippen LogP contribution in [0.4, 0.5) is 0 Å². The smallest absolute Gasteiger partial charge is 0.0618 e. The number of ether oxygens (including phenoxy) is 4. The zero-order chi connectivity index (χ0) is 21.3. The Labute approximate surface area is 181 Å². The van der Waals surface area contributed by atoms with E-state index in [0.717, 1.165) is 76.6 Å². The molecule has 2 fully saturated rings. The number of pyridine rings is 1. The van der Waals surface area contributed by atoms with Crippen molar-refractivity contribution in [1.82, 2.24) is 14.8 Å². The molecule has 0 radical (unpaired) electrons. The second kappa shape index (κ2) is 12.1. The first-order valence-electron chi connectivity index (χ1n) is 11.1. The van der Waals surface area contributed by atoms with Gasteiger partial charge in [0.25, 0.3) is 0 Å². The number of nitrogens with zero attached hydrogens (tertiary/aromatic N) is 3. The van der Waals surface area contributed by atoms with Crippen molar-refractivity contribution in [2.24, 2.45) is 0 Å². The lowest BCUT2D eigenvalue weighted by molar-refractivity contribution is 0.0552. The number of likely N-dealkylation sites (tertiary alicyclic amines) is 2. The van der Waals surface area contributed by atoms with E-state index < -0.39 is 0 Å². The van der Waals surface area contributed by atoms with Crippen molar-refractivity contribution in [2.45, 2.75) is 62.9 Å². The molecule has 0 amide bonds. The number of methoxy groups -OCH3 is 4. The fourth-order valence-corrected chi connectivity index (χ4v) is 5.11. The van der Waals surface area contributed by atoms with Crippen LogP contribution in [0.3, 0.4) is 0 Å². The molecule has 2 aliphatic heterocycles. The number of hydrogen-bond acceptors (Lipinski definition) is 7. The third kappa shape index (κ3) is 5.99. The second-order valence-electron chi connectivity index (χ2n) is 8.56. The monoisotopic (exact) mass is 421 g/mol. The molecule has 0 aliphatic carbocycles. The molecule has 0 spiro atoms. The summed E-state index contributed by atoms with van der Waals surface area (Å²) in [4.78, 5) is 10.1. The summed E-state index contributed by atoms with van der Waals surface area (Å²) in [6.07, 6.45) is 4.58. The summed E-state index contributed by atoms with van der Waals surface area (Å²) in [7, 11) is 7.13. The third-order valence-corrected chi connectivity index (χ3v) is 6.53. The van der Waals surface area contributed by atoms with Crippen LogP contribution in [0.15, 0.2) is 18.2 Å². The zero-order valence-electron chi connectivity index (χ0n) is 19.1. The summed E-state index contributed by atoms with van der Waals surface area (Å²) >= 11 is 0. The van der Waals surface area contributed by atoms with E-state index in [1.54, 1.807) is 28.4 Å². The Morgan fingerprint density at radius 3 is 1.30 bits per heavy atom. The van der Waals surface area contributed by atoms with E-state index in [9.17, 15) is 0 Å². The Morgan fingerprint density at radius 1 is 0.667 bits per heavy atom. The van der Waals surface area contributed by atoms with Crippen molar-refractivity contribution in [2.75, 3.05) is 54.9 Å². The van der Waals surface area contributed by atoms with Crippen LogP contribution in [-0.4, -0.2) is 93.8 Å². The average molecular weight is 422 g/mol. The molecule has 3 rings (SSSR count). The first-order chi connectivity index (χ1) is 14.7. The summed E-state index contributed by atoms with van der Waals surface area (Å²) in [5.74, 6) is 0. The molecule has 30 heavy (non-hydrogen) atoms. The van der Waals surface area contributed by atoms with Gasteiger partial charge in [0.1, 0.15) is 0 Å². The van der Waals surface area contributed by atoms with Crippen molar-refractivity contribution in [1.29, 1.82) is 0 Å². The Balaban J connectivity index is 1.70. The average Bonchev–Trinajstić information content (AvgIpc) is 3.29. The molecule has 2 saturated heterocycles. The van der Waals surface area contributed by atoms with E-state index in [2.05, 4.69) is 28.0 Å². The molecular formula is C23H39N3O4. The molecule has 1 aromatic rings. The van der Waals surface area contributed by atoms with Crippen molar-refractivity contribution >= 4 is 0 Å². The Bertz CT molecular complexity index is 555. The fraction of sp³-hybridized carbons (Fsp3) is 0.783. The van der Waals surface area contributed by atoms with Crippen LogP contribution in [0.5, 0.6) is 0 Å². The van der Waals surface area contributed by atoms with Gasteiger partial charge < -0.3 is 18.9 Å². The van der Waals surface area contributed by atoms with Crippen LogP contribution in [0.1, 0.15) is 37.1 Å². The molecule has 170 valence electrons. The predicted octanol–water partition coefficient (Wildman–Crippen LogP) is 2.33. The molecule has 7 nitrogen and oxygen atoms in total. The van der Waals surface area contributed by atoms with Crippen LogP contribution < -0.4 is 0 Å². The van der Waals surface area contributed by atoms with Crippen molar-refractivity contribution in [3.8, 4) is 0 Å². The van der Waals surface area contributed by atoms with E-state index in [1.165, 1.54) is 0 Å². The SMILES string of the molecule is COC[C@@H]1CC[C@@H](COC)N1Cc1cccc(CN2[C@H](COC)CC[C@H]2COC)n1. The Hall–Kier alpha value is -1.09. The van der Waals surface area contributed by atoms with Crippen LogP contribution in [0.25, 0.3) is 0 Å². The van der Waals surface area contributed by atoms with E-state index in [1.807, 2.05) is 0 Å². The first-order valence-corrected chi connectivity index (χ1v) is 11.1. The molecule has 0 saturated carbocycles. The van der Waals surface area contributed by atoms with Gasteiger partial charge in [-0.3, -0.25) is 14.8 Å².